The maximum Gasteiger partial charge on any atom is 0.151 e. The molecule has 1 fully saturated rings. The fraction of sp³-hybridized carbons (Fsp3) is 1.00. The highest BCUT2D eigenvalue weighted by Gasteiger charge is 2.30. The zero-order chi connectivity index (χ0) is 12.3. The third kappa shape index (κ3) is 3.43. The third-order valence-corrected chi connectivity index (χ3v) is 5.58. The zero-order valence-corrected chi connectivity index (χ0v) is 11.3. The molecule has 0 aromatic carbocycles. The van der Waals surface area contributed by atoms with Gasteiger partial charge < -0.3 is 5.73 Å². The van der Waals surface area contributed by atoms with Crippen LogP contribution in [0.1, 0.15) is 27.2 Å². The molecule has 96 valence electrons. The lowest BCUT2D eigenvalue weighted by atomic mass is 9.88. The zero-order valence-electron chi connectivity index (χ0n) is 10.5. The molecule has 1 aliphatic heterocycles. The van der Waals surface area contributed by atoms with E-state index in [0.717, 1.165) is 13.0 Å². The van der Waals surface area contributed by atoms with Crippen LogP contribution >= 0.6 is 0 Å². The van der Waals surface area contributed by atoms with E-state index in [1.165, 1.54) is 0 Å². The number of likely N-dealkylation sites (tertiary alicyclic amines) is 1. The fourth-order valence-electron chi connectivity index (χ4n) is 2.19. The first-order valence-corrected chi connectivity index (χ1v) is 7.89. The van der Waals surface area contributed by atoms with Gasteiger partial charge in [0.15, 0.2) is 9.84 Å². The van der Waals surface area contributed by atoms with Crippen molar-refractivity contribution in [3.8, 4) is 0 Å². The summed E-state index contributed by atoms with van der Waals surface area (Å²) in [7, 11) is -2.85. The monoisotopic (exact) mass is 248 g/mol. The summed E-state index contributed by atoms with van der Waals surface area (Å²) in [6.07, 6.45) is 0.970. The van der Waals surface area contributed by atoms with Crippen LogP contribution in [0.15, 0.2) is 0 Å². The molecule has 1 aliphatic rings. The molecule has 0 radical (unpaired) electrons. The van der Waals surface area contributed by atoms with E-state index in [2.05, 4.69) is 18.7 Å². The van der Waals surface area contributed by atoms with Crippen molar-refractivity contribution >= 4 is 9.84 Å². The molecule has 5 heteroatoms. The minimum absolute atomic E-state index is 0.240. The molecular weight excluding hydrogens is 224 g/mol. The Hall–Kier alpha value is -0.130. The minimum atomic E-state index is -2.85. The average Bonchev–Trinajstić information content (AvgIpc) is 2.25. The predicted octanol–water partition coefficient (Wildman–Crippen LogP) is 0.479. The second-order valence-corrected chi connectivity index (χ2v) is 7.30. The first-order chi connectivity index (χ1) is 7.37. The van der Waals surface area contributed by atoms with Crippen molar-refractivity contribution < 1.29 is 8.42 Å². The Labute approximate surface area is 99.1 Å². The maximum absolute atomic E-state index is 11.4. The van der Waals surface area contributed by atoms with E-state index >= 15 is 0 Å². The lowest BCUT2D eigenvalue weighted by Gasteiger charge is -2.41. The van der Waals surface area contributed by atoms with Crippen LogP contribution in [0.3, 0.4) is 0 Å². The summed E-state index contributed by atoms with van der Waals surface area (Å²) in [5.41, 5.74) is 5.99. The number of rotatable bonds is 4. The van der Waals surface area contributed by atoms with Crippen molar-refractivity contribution in [2.45, 2.75) is 39.3 Å². The molecule has 0 amide bonds. The van der Waals surface area contributed by atoms with E-state index in [1.807, 2.05) is 0 Å². The van der Waals surface area contributed by atoms with Gasteiger partial charge in [0, 0.05) is 24.4 Å². The Bertz CT molecular complexity index is 316. The first kappa shape index (κ1) is 13.9. The summed E-state index contributed by atoms with van der Waals surface area (Å²) in [4.78, 5) is 2.25. The molecule has 3 atom stereocenters. The number of nitrogens with two attached hydrogens (primary N) is 1. The molecule has 1 heterocycles. The minimum Gasteiger partial charge on any atom is -0.327 e. The molecular formula is C11H24N2O2S. The van der Waals surface area contributed by atoms with Crippen molar-refractivity contribution in [1.29, 1.82) is 0 Å². The van der Waals surface area contributed by atoms with Crippen LogP contribution in [0.2, 0.25) is 0 Å². The highest BCUT2D eigenvalue weighted by atomic mass is 32.2. The van der Waals surface area contributed by atoms with E-state index in [4.69, 9.17) is 5.73 Å². The SMILES string of the molecule is CCS(=O)(=O)CCN1CCC(N)C(C)C1C. The molecule has 2 N–H and O–H groups in total. The fourth-order valence-corrected chi connectivity index (χ4v) is 2.99. The lowest BCUT2D eigenvalue weighted by Crippen LogP contribution is -2.52. The molecule has 1 saturated heterocycles. The Morgan fingerprint density at radius 1 is 1.38 bits per heavy atom. The van der Waals surface area contributed by atoms with Crippen LogP contribution < -0.4 is 5.73 Å². The number of sulfone groups is 1. The Morgan fingerprint density at radius 3 is 2.56 bits per heavy atom. The van der Waals surface area contributed by atoms with Gasteiger partial charge in [-0.25, -0.2) is 8.42 Å². The highest BCUT2D eigenvalue weighted by molar-refractivity contribution is 7.91. The standard InChI is InChI=1S/C11H24N2O2S/c1-4-16(14,15)8-7-13-6-5-11(12)9(2)10(13)3/h9-11H,4-8,12H2,1-3H3. The quantitative estimate of drug-likeness (QED) is 0.786. The van der Waals surface area contributed by atoms with E-state index in [1.54, 1.807) is 6.92 Å². The maximum atomic E-state index is 11.4. The van der Waals surface area contributed by atoms with E-state index in [0.29, 0.717) is 18.5 Å². The molecule has 1 rings (SSSR count). The molecule has 16 heavy (non-hydrogen) atoms. The summed E-state index contributed by atoms with van der Waals surface area (Å²) in [6.45, 7) is 7.56. The van der Waals surface area contributed by atoms with Gasteiger partial charge in [-0.1, -0.05) is 13.8 Å². The number of hydrogen-bond donors (Lipinski definition) is 1. The summed E-state index contributed by atoms with van der Waals surface area (Å²) < 4.78 is 22.9. The number of piperidine rings is 1. The van der Waals surface area contributed by atoms with Gasteiger partial charge in [0.2, 0.25) is 0 Å². The molecule has 0 aliphatic carbocycles. The van der Waals surface area contributed by atoms with Crippen LogP contribution in [0.4, 0.5) is 0 Å². The van der Waals surface area contributed by atoms with Crippen LogP contribution in [-0.4, -0.2) is 50.0 Å². The molecule has 0 spiro atoms. The van der Waals surface area contributed by atoms with Crippen molar-refractivity contribution in [3.63, 3.8) is 0 Å². The van der Waals surface area contributed by atoms with Crippen molar-refractivity contribution in [1.82, 2.24) is 4.90 Å². The molecule has 0 saturated carbocycles. The molecule has 0 aromatic rings. The third-order valence-electron chi connectivity index (χ3n) is 3.89. The Kier molecular flexibility index (Phi) is 4.76. The largest absolute Gasteiger partial charge is 0.327 e. The Morgan fingerprint density at radius 2 is 2.00 bits per heavy atom. The van der Waals surface area contributed by atoms with Gasteiger partial charge in [0.1, 0.15) is 0 Å². The van der Waals surface area contributed by atoms with Crippen molar-refractivity contribution in [2.24, 2.45) is 11.7 Å². The predicted molar refractivity (Wildman–Crippen MR) is 67.1 cm³/mol. The van der Waals surface area contributed by atoms with Gasteiger partial charge in [-0.05, 0) is 25.8 Å². The summed E-state index contributed by atoms with van der Waals surface area (Å²) >= 11 is 0. The Balaban J connectivity index is 2.50. The lowest BCUT2D eigenvalue weighted by molar-refractivity contribution is 0.105. The molecule has 0 bridgehead atoms. The molecule has 3 unspecified atom stereocenters. The number of hydrogen-bond acceptors (Lipinski definition) is 4. The van der Waals surface area contributed by atoms with Gasteiger partial charge in [0.25, 0.3) is 0 Å². The van der Waals surface area contributed by atoms with Gasteiger partial charge in [-0.2, -0.15) is 0 Å². The van der Waals surface area contributed by atoms with E-state index in [-0.39, 0.29) is 17.5 Å². The van der Waals surface area contributed by atoms with Crippen LogP contribution in [0.5, 0.6) is 0 Å². The molecule has 0 aromatic heterocycles. The summed E-state index contributed by atoms with van der Waals surface area (Å²) in [5, 5.41) is 0. The van der Waals surface area contributed by atoms with Crippen LogP contribution in [0, 0.1) is 5.92 Å². The van der Waals surface area contributed by atoms with Gasteiger partial charge in [-0.3, -0.25) is 4.90 Å². The second-order valence-electron chi connectivity index (χ2n) is 4.82. The van der Waals surface area contributed by atoms with E-state index in [9.17, 15) is 8.42 Å². The summed E-state index contributed by atoms with van der Waals surface area (Å²) in [5.74, 6) is 0.957. The molecule has 4 nitrogen and oxygen atoms in total. The smallest absolute Gasteiger partial charge is 0.151 e. The summed E-state index contributed by atoms with van der Waals surface area (Å²) in [6, 6.07) is 0.643. The first-order valence-electron chi connectivity index (χ1n) is 6.07. The van der Waals surface area contributed by atoms with Crippen molar-refractivity contribution in [2.75, 3.05) is 24.6 Å². The van der Waals surface area contributed by atoms with Crippen molar-refractivity contribution in [3.05, 3.63) is 0 Å². The average molecular weight is 248 g/mol. The topological polar surface area (TPSA) is 63.4 Å². The highest BCUT2D eigenvalue weighted by Crippen LogP contribution is 2.21. The van der Waals surface area contributed by atoms with E-state index < -0.39 is 9.84 Å². The van der Waals surface area contributed by atoms with Gasteiger partial charge in [-0.15, -0.1) is 0 Å². The van der Waals surface area contributed by atoms with Crippen LogP contribution in [-0.2, 0) is 9.84 Å². The second kappa shape index (κ2) is 5.47. The normalized spacial score (nSPS) is 32.9. The van der Waals surface area contributed by atoms with Gasteiger partial charge >= 0.3 is 0 Å². The van der Waals surface area contributed by atoms with Crippen LogP contribution in [0.25, 0.3) is 0 Å². The number of nitrogens with zero attached hydrogens (tertiary/aromatic N) is 1. The van der Waals surface area contributed by atoms with Gasteiger partial charge in [0.05, 0.1) is 5.75 Å².